The second kappa shape index (κ2) is 11.1. The first-order valence-electron chi connectivity index (χ1n) is 12.4. The lowest BCUT2D eigenvalue weighted by atomic mass is 10.2. The van der Waals surface area contributed by atoms with Crippen molar-refractivity contribution in [3.8, 4) is 17.1 Å². The van der Waals surface area contributed by atoms with E-state index in [2.05, 4.69) is 20.4 Å². The van der Waals surface area contributed by atoms with E-state index in [9.17, 15) is 13.2 Å². The van der Waals surface area contributed by atoms with Crippen LogP contribution in [-0.2, 0) is 16.4 Å². The van der Waals surface area contributed by atoms with Crippen LogP contribution in [0.2, 0.25) is 0 Å². The summed E-state index contributed by atoms with van der Waals surface area (Å²) in [6.07, 6.45) is 3.06. The van der Waals surface area contributed by atoms with Crippen LogP contribution in [0.15, 0.2) is 27.9 Å². The first-order valence-corrected chi connectivity index (χ1v) is 13.8. The fourth-order valence-corrected chi connectivity index (χ4v) is 5.89. The summed E-state index contributed by atoms with van der Waals surface area (Å²) in [4.78, 5) is 20.3. The first-order chi connectivity index (χ1) is 17.3. The Balaban J connectivity index is 1.66. The van der Waals surface area contributed by atoms with Gasteiger partial charge in [-0.3, -0.25) is 4.79 Å². The third kappa shape index (κ3) is 5.17. The zero-order valence-corrected chi connectivity index (χ0v) is 21.8. The Kier molecular flexibility index (Phi) is 8.08. The summed E-state index contributed by atoms with van der Waals surface area (Å²) in [7, 11) is -3.74. The summed E-state index contributed by atoms with van der Waals surface area (Å²) >= 11 is 0. The standard InChI is InChI=1S/C24H34N6O5S/c1-4-8-21-26-16(3)22-24(32)27-23(28-30(21)22)19-13-18(9-10-20(19)35-5-2)36(33,34)29-14-17(15-29)25-11-6-7-12-31/h9-10,13,17,25,31H,4-8,11-12,14-15H2,1-3H3,(H,27,28,32). The molecule has 12 heteroatoms. The summed E-state index contributed by atoms with van der Waals surface area (Å²) in [6.45, 7) is 7.64. The van der Waals surface area contributed by atoms with E-state index in [4.69, 9.17) is 9.84 Å². The van der Waals surface area contributed by atoms with Crippen molar-refractivity contribution in [1.29, 1.82) is 0 Å². The van der Waals surface area contributed by atoms with Gasteiger partial charge < -0.3 is 20.1 Å². The third-order valence-corrected chi connectivity index (χ3v) is 8.05. The third-order valence-electron chi connectivity index (χ3n) is 6.23. The number of aliphatic hydroxyl groups excluding tert-OH is 1. The number of hydrogen-bond donors (Lipinski definition) is 3. The second-order valence-electron chi connectivity index (χ2n) is 8.92. The molecular weight excluding hydrogens is 484 g/mol. The van der Waals surface area contributed by atoms with Crippen LogP contribution >= 0.6 is 0 Å². The maximum Gasteiger partial charge on any atom is 0.277 e. The molecule has 196 valence electrons. The van der Waals surface area contributed by atoms with E-state index in [0.717, 1.165) is 25.8 Å². The monoisotopic (exact) mass is 518 g/mol. The molecule has 0 spiro atoms. The van der Waals surface area contributed by atoms with Gasteiger partial charge in [0, 0.05) is 32.2 Å². The van der Waals surface area contributed by atoms with Gasteiger partial charge in [-0.1, -0.05) is 6.92 Å². The summed E-state index contributed by atoms with van der Waals surface area (Å²) < 4.78 is 35.4. The molecule has 0 radical (unpaired) electrons. The molecule has 0 unspecified atom stereocenters. The van der Waals surface area contributed by atoms with Gasteiger partial charge in [0.15, 0.2) is 11.3 Å². The Labute approximate surface area is 210 Å². The van der Waals surface area contributed by atoms with Crippen molar-refractivity contribution in [1.82, 2.24) is 29.2 Å². The molecule has 1 saturated heterocycles. The van der Waals surface area contributed by atoms with Crippen LogP contribution in [0.1, 0.15) is 44.6 Å². The smallest absolute Gasteiger partial charge is 0.277 e. The molecule has 3 heterocycles. The van der Waals surface area contributed by atoms with Crippen molar-refractivity contribution in [2.24, 2.45) is 0 Å². The number of fused-ring (bicyclic) bond motifs is 1. The molecule has 0 amide bonds. The minimum atomic E-state index is -3.74. The lowest BCUT2D eigenvalue weighted by molar-refractivity contribution is 0.223. The fourth-order valence-electron chi connectivity index (χ4n) is 4.33. The molecule has 0 saturated carbocycles. The van der Waals surface area contributed by atoms with Gasteiger partial charge in [0.2, 0.25) is 10.0 Å². The molecule has 2 aromatic heterocycles. The number of sulfonamides is 1. The number of aromatic amines is 1. The number of rotatable bonds is 12. The van der Waals surface area contributed by atoms with Crippen LogP contribution in [0.4, 0.5) is 0 Å². The summed E-state index contributed by atoms with van der Waals surface area (Å²) in [5, 5.41) is 16.8. The summed E-state index contributed by atoms with van der Waals surface area (Å²) in [5.74, 6) is 1.33. The molecule has 1 aliphatic heterocycles. The average molecular weight is 519 g/mol. The maximum atomic E-state index is 13.3. The number of aliphatic hydroxyl groups is 1. The van der Waals surface area contributed by atoms with Crippen molar-refractivity contribution >= 4 is 15.5 Å². The van der Waals surface area contributed by atoms with Crippen LogP contribution in [-0.4, -0.2) is 76.3 Å². The molecule has 0 bridgehead atoms. The second-order valence-corrected chi connectivity index (χ2v) is 10.9. The Hall–Kier alpha value is -2.80. The van der Waals surface area contributed by atoms with E-state index in [1.807, 2.05) is 13.8 Å². The van der Waals surface area contributed by atoms with Crippen molar-refractivity contribution in [3.05, 3.63) is 40.1 Å². The van der Waals surface area contributed by atoms with Gasteiger partial charge in [-0.05, 0) is 57.9 Å². The zero-order valence-electron chi connectivity index (χ0n) is 21.0. The van der Waals surface area contributed by atoms with E-state index in [1.165, 1.54) is 16.4 Å². The van der Waals surface area contributed by atoms with Gasteiger partial charge in [0.25, 0.3) is 5.56 Å². The molecule has 4 rings (SSSR count). The van der Waals surface area contributed by atoms with Gasteiger partial charge in [0.1, 0.15) is 11.6 Å². The fraction of sp³-hybridized carbons (Fsp3) is 0.542. The number of hydrogen-bond acceptors (Lipinski definition) is 8. The lowest BCUT2D eigenvalue weighted by Crippen LogP contribution is -2.59. The normalized spacial score (nSPS) is 14.9. The molecular formula is C24H34N6O5S. The molecule has 11 nitrogen and oxygen atoms in total. The number of nitrogens with one attached hydrogen (secondary N) is 2. The van der Waals surface area contributed by atoms with Crippen molar-refractivity contribution in [3.63, 3.8) is 0 Å². The molecule has 1 aliphatic rings. The molecule has 1 aromatic carbocycles. The van der Waals surface area contributed by atoms with Crippen LogP contribution in [0.25, 0.3) is 16.9 Å². The highest BCUT2D eigenvalue weighted by atomic mass is 32.2. The number of H-pyrrole nitrogens is 1. The first kappa shape index (κ1) is 26.3. The largest absolute Gasteiger partial charge is 0.493 e. The van der Waals surface area contributed by atoms with Crippen LogP contribution in [0.5, 0.6) is 5.75 Å². The van der Waals surface area contributed by atoms with Crippen molar-refractivity contribution in [2.45, 2.75) is 57.4 Å². The van der Waals surface area contributed by atoms with Gasteiger partial charge in [-0.15, -0.1) is 5.10 Å². The summed E-state index contributed by atoms with van der Waals surface area (Å²) in [6, 6.07) is 4.72. The van der Waals surface area contributed by atoms with Gasteiger partial charge in [-0.2, -0.15) is 4.31 Å². The van der Waals surface area contributed by atoms with E-state index < -0.39 is 10.0 Å². The lowest BCUT2D eigenvalue weighted by Gasteiger charge is -2.38. The Bertz CT molecular complexity index is 1380. The Morgan fingerprint density at radius 3 is 2.72 bits per heavy atom. The number of aromatic nitrogens is 4. The number of aryl methyl sites for hydroxylation is 2. The molecule has 3 aromatic rings. The van der Waals surface area contributed by atoms with Gasteiger partial charge in [-0.25, -0.2) is 17.9 Å². The van der Waals surface area contributed by atoms with Crippen molar-refractivity contribution in [2.75, 3.05) is 32.8 Å². The predicted octanol–water partition coefficient (Wildman–Crippen LogP) is 1.48. The van der Waals surface area contributed by atoms with Gasteiger partial charge >= 0.3 is 0 Å². The van der Waals surface area contributed by atoms with E-state index in [-0.39, 0.29) is 28.9 Å². The minimum Gasteiger partial charge on any atom is -0.493 e. The molecule has 1 fully saturated rings. The van der Waals surface area contributed by atoms with E-state index in [1.54, 1.807) is 17.5 Å². The van der Waals surface area contributed by atoms with Crippen LogP contribution in [0, 0.1) is 6.92 Å². The van der Waals surface area contributed by atoms with E-state index in [0.29, 0.717) is 54.5 Å². The minimum absolute atomic E-state index is 0.0857. The highest BCUT2D eigenvalue weighted by Crippen LogP contribution is 2.32. The number of imidazole rings is 1. The average Bonchev–Trinajstić information content (AvgIpc) is 3.13. The van der Waals surface area contributed by atoms with Crippen molar-refractivity contribution < 1.29 is 18.3 Å². The highest BCUT2D eigenvalue weighted by Gasteiger charge is 2.36. The number of nitrogens with zero attached hydrogens (tertiary/aromatic N) is 4. The van der Waals surface area contributed by atoms with Crippen LogP contribution in [0.3, 0.4) is 0 Å². The van der Waals surface area contributed by atoms with Gasteiger partial charge in [0.05, 0.1) is 22.8 Å². The maximum absolute atomic E-state index is 13.3. The summed E-state index contributed by atoms with van der Waals surface area (Å²) in [5.41, 5.74) is 1.02. The SMILES string of the molecule is CCCc1nc(C)c2c(=O)[nH]c(-c3cc(S(=O)(=O)N4CC(NCCCCO)C4)ccc3OCC)nn12. The zero-order chi connectivity index (χ0) is 25.9. The molecule has 3 N–H and O–H groups in total. The van der Waals surface area contributed by atoms with E-state index >= 15 is 0 Å². The highest BCUT2D eigenvalue weighted by molar-refractivity contribution is 7.89. The quantitative estimate of drug-likeness (QED) is 0.306. The number of ether oxygens (including phenoxy) is 1. The molecule has 0 aliphatic carbocycles. The Morgan fingerprint density at radius 2 is 2.03 bits per heavy atom. The predicted molar refractivity (Wildman–Crippen MR) is 136 cm³/mol. The molecule has 36 heavy (non-hydrogen) atoms. The number of unbranched alkanes of at least 4 members (excludes halogenated alkanes) is 1. The topological polar surface area (TPSA) is 142 Å². The van der Waals surface area contributed by atoms with Crippen LogP contribution < -0.4 is 15.6 Å². The number of benzene rings is 1. The molecule has 0 atom stereocenters. The Morgan fingerprint density at radius 1 is 1.25 bits per heavy atom.